The first-order chi connectivity index (χ1) is 8.28. The molecule has 3 heteroatoms. The average Bonchev–Trinajstić information content (AvgIpc) is 2.37. The number of hydrogen-bond donors (Lipinski definition) is 0. The molecule has 0 unspecified atom stereocenters. The van der Waals surface area contributed by atoms with Gasteiger partial charge in [-0.05, 0) is 42.0 Å². The van der Waals surface area contributed by atoms with Gasteiger partial charge in [-0.1, -0.05) is 28.1 Å². The molecule has 17 heavy (non-hydrogen) atoms. The Morgan fingerprint density at radius 1 is 1.12 bits per heavy atom. The highest BCUT2D eigenvalue weighted by Crippen LogP contribution is 2.24. The molecule has 0 fully saturated rings. The standard InChI is InChI=1S/C14H10BrNS/c15-13-3-1-2-12(8-13)10-17-14-6-4-11(9-16)5-7-14/h1-8H,10H2. The smallest absolute Gasteiger partial charge is 0.0991 e. The SMILES string of the molecule is N#Cc1ccc(SCc2cccc(Br)c2)cc1. The highest BCUT2D eigenvalue weighted by molar-refractivity contribution is 9.10. The Labute approximate surface area is 114 Å². The van der Waals surface area contributed by atoms with Crippen molar-refractivity contribution in [2.45, 2.75) is 10.6 Å². The van der Waals surface area contributed by atoms with Gasteiger partial charge in [0, 0.05) is 15.1 Å². The van der Waals surface area contributed by atoms with Crippen molar-refractivity contribution in [3.05, 3.63) is 64.1 Å². The molecule has 0 radical (unpaired) electrons. The Kier molecular flexibility index (Phi) is 4.24. The normalized spacial score (nSPS) is 9.88. The van der Waals surface area contributed by atoms with Crippen LogP contribution in [0.2, 0.25) is 0 Å². The van der Waals surface area contributed by atoms with Crippen LogP contribution in [-0.4, -0.2) is 0 Å². The van der Waals surface area contributed by atoms with Crippen LogP contribution < -0.4 is 0 Å². The van der Waals surface area contributed by atoms with Gasteiger partial charge in [0.05, 0.1) is 11.6 Å². The molecule has 2 rings (SSSR count). The average molecular weight is 304 g/mol. The summed E-state index contributed by atoms with van der Waals surface area (Å²) >= 11 is 5.23. The Balaban J connectivity index is 2.00. The minimum absolute atomic E-state index is 0.705. The lowest BCUT2D eigenvalue weighted by atomic mass is 10.2. The van der Waals surface area contributed by atoms with Gasteiger partial charge in [0.2, 0.25) is 0 Å². The maximum Gasteiger partial charge on any atom is 0.0991 e. The van der Waals surface area contributed by atoms with E-state index in [4.69, 9.17) is 5.26 Å². The monoisotopic (exact) mass is 303 g/mol. The summed E-state index contributed by atoms with van der Waals surface area (Å²) in [5.41, 5.74) is 1.99. The molecule has 2 aromatic carbocycles. The lowest BCUT2D eigenvalue weighted by Gasteiger charge is -2.02. The fourth-order valence-corrected chi connectivity index (χ4v) is 2.71. The number of thioether (sulfide) groups is 1. The molecule has 0 aromatic heterocycles. The molecular weight excluding hydrogens is 294 g/mol. The van der Waals surface area contributed by atoms with E-state index in [-0.39, 0.29) is 0 Å². The molecule has 0 amide bonds. The highest BCUT2D eigenvalue weighted by atomic mass is 79.9. The minimum atomic E-state index is 0.705. The molecule has 0 atom stereocenters. The zero-order valence-electron chi connectivity index (χ0n) is 9.06. The fourth-order valence-electron chi connectivity index (χ4n) is 1.42. The molecule has 0 saturated heterocycles. The van der Waals surface area contributed by atoms with Crippen LogP contribution in [0.25, 0.3) is 0 Å². The number of halogens is 1. The van der Waals surface area contributed by atoms with Crippen LogP contribution in [0.5, 0.6) is 0 Å². The summed E-state index contributed by atoms with van der Waals surface area (Å²) in [5.74, 6) is 0.936. The molecule has 84 valence electrons. The van der Waals surface area contributed by atoms with Crippen LogP contribution in [0, 0.1) is 11.3 Å². The van der Waals surface area contributed by atoms with Crippen LogP contribution in [0.15, 0.2) is 57.9 Å². The van der Waals surface area contributed by atoms with E-state index >= 15 is 0 Å². The summed E-state index contributed by atoms with van der Waals surface area (Å²) in [5, 5.41) is 8.70. The van der Waals surface area contributed by atoms with E-state index in [0.29, 0.717) is 5.56 Å². The van der Waals surface area contributed by atoms with E-state index in [2.05, 4.69) is 34.1 Å². The van der Waals surface area contributed by atoms with Crippen LogP contribution in [0.1, 0.15) is 11.1 Å². The second-order valence-electron chi connectivity index (χ2n) is 3.55. The van der Waals surface area contributed by atoms with Crippen LogP contribution in [0.3, 0.4) is 0 Å². The van der Waals surface area contributed by atoms with E-state index in [9.17, 15) is 0 Å². The van der Waals surface area contributed by atoms with Gasteiger partial charge in [0.25, 0.3) is 0 Å². The van der Waals surface area contributed by atoms with Crippen molar-refractivity contribution < 1.29 is 0 Å². The molecule has 0 N–H and O–H groups in total. The Morgan fingerprint density at radius 3 is 2.53 bits per heavy atom. The van der Waals surface area contributed by atoms with Gasteiger partial charge in [0.15, 0.2) is 0 Å². The zero-order valence-corrected chi connectivity index (χ0v) is 11.5. The number of benzene rings is 2. The van der Waals surface area contributed by atoms with E-state index in [1.165, 1.54) is 10.5 Å². The minimum Gasteiger partial charge on any atom is -0.192 e. The quantitative estimate of drug-likeness (QED) is 0.773. The van der Waals surface area contributed by atoms with E-state index in [1.807, 2.05) is 36.4 Å². The van der Waals surface area contributed by atoms with Gasteiger partial charge in [-0.25, -0.2) is 0 Å². The topological polar surface area (TPSA) is 23.8 Å². The van der Waals surface area contributed by atoms with Gasteiger partial charge in [-0.3, -0.25) is 0 Å². The Bertz CT molecular complexity index is 543. The number of nitrogens with zero attached hydrogens (tertiary/aromatic N) is 1. The van der Waals surface area contributed by atoms with Gasteiger partial charge in [-0.2, -0.15) is 5.26 Å². The summed E-state index contributed by atoms with van der Waals surface area (Å²) in [6.45, 7) is 0. The second kappa shape index (κ2) is 5.90. The predicted octanol–water partition coefficient (Wildman–Crippen LogP) is 4.61. The Hall–Kier alpha value is -1.24. The molecule has 0 heterocycles. The lowest BCUT2D eigenvalue weighted by Crippen LogP contribution is -1.81. The van der Waals surface area contributed by atoms with Crippen molar-refractivity contribution in [2.24, 2.45) is 0 Å². The van der Waals surface area contributed by atoms with Crippen molar-refractivity contribution in [3.8, 4) is 6.07 Å². The van der Waals surface area contributed by atoms with Crippen molar-refractivity contribution in [2.75, 3.05) is 0 Å². The van der Waals surface area contributed by atoms with E-state index < -0.39 is 0 Å². The van der Waals surface area contributed by atoms with Gasteiger partial charge in [-0.15, -0.1) is 11.8 Å². The van der Waals surface area contributed by atoms with Crippen molar-refractivity contribution in [1.29, 1.82) is 5.26 Å². The van der Waals surface area contributed by atoms with E-state index in [1.54, 1.807) is 11.8 Å². The van der Waals surface area contributed by atoms with Gasteiger partial charge in [0.1, 0.15) is 0 Å². The predicted molar refractivity (Wildman–Crippen MR) is 74.9 cm³/mol. The molecule has 2 aromatic rings. The van der Waals surface area contributed by atoms with Crippen LogP contribution in [-0.2, 0) is 5.75 Å². The van der Waals surface area contributed by atoms with Gasteiger partial charge >= 0.3 is 0 Å². The number of nitriles is 1. The molecule has 0 spiro atoms. The largest absolute Gasteiger partial charge is 0.192 e. The molecule has 1 nitrogen and oxygen atoms in total. The molecule has 0 aliphatic heterocycles. The first kappa shape index (κ1) is 12.2. The molecular formula is C14H10BrNS. The molecule has 0 aliphatic rings. The van der Waals surface area contributed by atoms with Crippen LogP contribution >= 0.6 is 27.7 Å². The summed E-state index contributed by atoms with van der Waals surface area (Å²) < 4.78 is 1.11. The lowest BCUT2D eigenvalue weighted by molar-refractivity contribution is 1.36. The van der Waals surface area contributed by atoms with Crippen molar-refractivity contribution in [1.82, 2.24) is 0 Å². The fraction of sp³-hybridized carbons (Fsp3) is 0.0714. The molecule has 0 aliphatic carbocycles. The third-order valence-corrected chi connectivity index (χ3v) is 3.85. The highest BCUT2D eigenvalue weighted by Gasteiger charge is 1.97. The first-order valence-corrected chi connectivity index (χ1v) is 6.93. The molecule has 0 bridgehead atoms. The summed E-state index contributed by atoms with van der Waals surface area (Å²) in [7, 11) is 0. The summed E-state index contributed by atoms with van der Waals surface area (Å²) in [4.78, 5) is 1.18. The summed E-state index contributed by atoms with van der Waals surface area (Å²) in [6.07, 6.45) is 0. The maximum absolute atomic E-state index is 8.70. The number of hydrogen-bond acceptors (Lipinski definition) is 2. The zero-order chi connectivity index (χ0) is 12.1. The van der Waals surface area contributed by atoms with E-state index in [0.717, 1.165) is 10.2 Å². The first-order valence-electron chi connectivity index (χ1n) is 5.15. The second-order valence-corrected chi connectivity index (χ2v) is 5.52. The third-order valence-electron chi connectivity index (χ3n) is 2.28. The Morgan fingerprint density at radius 2 is 1.88 bits per heavy atom. The summed E-state index contributed by atoms with van der Waals surface area (Å²) in [6, 6.07) is 18.1. The maximum atomic E-state index is 8.70. The third kappa shape index (κ3) is 3.62. The number of rotatable bonds is 3. The molecule has 0 saturated carbocycles. The van der Waals surface area contributed by atoms with Crippen molar-refractivity contribution in [3.63, 3.8) is 0 Å². The van der Waals surface area contributed by atoms with Crippen molar-refractivity contribution >= 4 is 27.7 Å². The van der Waals surface area contributed by atoms with Gasteiger partial charge < -0.3 is 0 Å². The van der Waals surface area contributed by atoms with Crippen LogP contribution in [0.4, 0.5) is 0 Å².